The lowest BCUT2D eigenvalue weighted by molar-refractivity contribution is -0.127. The maximum absolute atomic E-state index is 13.1. The smallest absolute Gasteiger partial charge is 0.246 e. The van der Waals surface area contributed by atoms with E-state index in [4.69, 9.17) is 4.74 Å². The summed E-state index contributed by atoms with van der Waals surface area (Å²) in [4.78, 5) is 16.2. The molecule has 204 valence electrons. The van der Waals surface area contributed by atoms with E-state index < -0.39 is 15.8 Å². The number of hydrogen-bond donors (Lipinski definition) is 1. The number of ether oxygens (including phenoxy) is 1. The van der Waals surface area contributed by atoms with Crippen LogP contribution in [-0.4, -0.2) is 70.0 Å². The lowest BCUT2D eigenvalue weighted by Gasteiger charge is -2.37. The molecule has 1 aliphatic carbocycles. The Hall–Kier alpha value is -1.85. The molecule has 10 heteroatoms. The molecule has 2 aromatic rings. The first kappa shape index (κ1) is 28.2. The molecule has 1 aromatic heterocycles. The van der Waals surface area contributed by atoms with Crippen molar-refractivity contribution in [3.63, 3.8) is 0 Å². The summed E-state index contributed by atoms with van der Waals surface area (Å²) in [6.07, 6.45) is 5.96. The molecule has 1 N–H and O–H groups in total. The van der Waals surface area contributed by atoms with E-state index in [0.29, 0.717) is 37.4 Å². The van der Waals surface area contributed by atoms with Crippen molar-refractivity contribution in [2.75, 3.05) is 40.3 Å². The molecule has 4 rings (SSSR count). The van der Waals surface area contributed by atoms with Gasteiger partial charge in [0.25, 0.3) is 0 Å². The molecule has 0 radical (unpaired) electrons. The number of amides is 1. The molecule has 1 aliphatic heterocycles. The summed E-state index contributed by atoms with van der Waals surface area (Å²) in [7, 11) is 0.640. The Morgan fingerprint density at radius 3 is 2.54 bits per heavy atom. The summed E-state index contributed by atoms with van der Waals surface area (Å²) in [5, 5.41) is 5.12. The minimum atomic E-state index is -3.70. The van der Waals surface area contributed by atoms with Crippen molar-refractivity contribution in [3.8, 4) is 0 Å². The van der Waals surface area contributed by atoms with E-state index in [1.54, 1.807) is 0 Å². The standard InChI is InChI=1S/C27H38FN3O4S2/c1-30(2)27(25-4-3-17-36-25)21-7-5-20(6-8-21)13-15-29-26(32)19-35-23-14-16-31(18-23)37(33,34)24-11-9-22(28)10-12-24/h3-4,9-12,17,20-21,23,27H,5-8,13-16,18-19H2,1-2H3,(H,29,32). The first-order valence-electron chi connectivity index (χ1n) is 13.1. The number of carbonyl (C=O) groups is 1. The monoisotopic (exact) mass is 551 g/mol. The SMILES string of the molecule is CN(C)C(c1cccs1)C1CCC(CCNC(=O)COC2CCN(S(=O)(=O)c3ccc(F)cc3)C2)CC1. The number of halogens is 1. The lowest BCUT2D eigenvalue weighted by atomic mass is 9.76. The molecule has 7 nitrogen and oxygen atoms in total. The van der Waals surface area contributed by atoms with Gasteiger partial charge in [-0.05, 0) is 87.3 Å². The molecule has 2 unspecified atom stereocenters. The second-order valence-electron chi connectivity index (χ2n) is 10.4. The van der Waals surface area contributed by atoms with Gasteiger partial charge in [-0.15, -0.1) is 11.3 Å². The average molecular weight is 552 g/mol. The summed E-state index contributed by atoms with van der Waals surface area (Å²) in [5.41, 5.74) is 0. The van der Waals surface area contributed by atoms with Crippen molar-refractivity contribution >= 4 is 27.3 Å². The Bertz CT molecular complexity index is 1100. The molecule has 1 amide bonds. The Kier molecular flexibility index (Phi) is 9.74. The number of rotatable bonds is 11. The Labute approximate surface area is 224 Å². The van der Waals surface area contributed by atoms with Crippen LogP contribution in [0.4, 0.5) is 4.39 Å². The molecule has 2 heterocycles. The number of hydrogen-bond acceptors (Lipinski definition) is 6. The van der Waals surface area contributed by atoms with Gasteiger partial charge < -0.3 is 15.0 Å². The van der Waals surface area contributed by atoms with Crippen molar-refractivity contribution < 1.29 is 22.3 Å². The van der Waals surface area contributed by atoms with E-state index in [-0.39, 0.29) is 30.1 Å². The van der Waals surface area contributed by atoms with Crippen LogP contribution in [-0.2, 0) is 19.6 Å². The number of carbonyl (C=O) groups excluding carboxylic acids is 1. The second-order valence-corrected chi connectivity index (χ2v) is 13.3. The first-order chi connectivity index (χ1) is 17.7. The van der Waals surface area contributed by atoms with Crippen molar-refractivity contribution in [2.45, 2.75) is 55.6 Å². The number of nitrogens with zero attached hydrogens (tertiary/aromatic N) is 2. The fourth-order valence-electron chi connectivity index (χ4n) is 5.63. The fraction of sp³-hybridized carbons (Fsp3) is 0.593. The lowest BCUT2D eigenvalue weighted by Crippen LogP contribution is -2.34. The predicted octanol–water partition coefficient (Wildman–Crippen LogP) is 4.28. The van der Waals surface area contributed by atoms with Gasteiger partial charge in [-0.2, -0.15) is 4.31 Å². The molecule has 1 aromatic carbocycles. The topological polar surface area (TPSA) is 79.0 Å². The zero-order chi connectivity index (χ0) is 26.4. The highest BCUT2D eigenvalue weighted by molar-refractivity contribution is 7.89. The summed E-state index contributed by atoms with van der Waals surface area (Å²) in [5.74, 6) is 0.653. The molecular weight excluding hydrogens is 513 g/mol. The third kappa shape index (κ3) is 7.38. The molecule has 1 saturated carbocycles. The molecule has 0 bridgehead atoms. The van der Waals surface area contributed by atoms with Crippen LogP contribution in [0.3, 0.4) is 0 Å². The highest BCUT2D eigenvalue weighted by Gasteiger charge is 2.33. The van der Waals surface area contributed by atoms with Crippen LogP contribution < -0.4 is 5.32 Å². The van der Waals surface area contributed by atoms with E-state index in [1.165, 1.54) is 47.0 Å². The third-order valence-electron chi connectivity index (χ3n) is 7.61. The Morgan fingerprint density at radius 1 is 1.16 bits per heavy atom. The highest BCUT2D eigenvalue weighted by atomic mass is 32.2. The van der Waals surface area contributed by atoms with Gasteiger partial charge in [0.05, 0.1) is 11.0 Å². The minimum Gasteiger partial charge on any atom is -0.367 e. The summed E-state index contributed by atoms with van der Waals surface area (Å²) in [6, 6.07) is 9.67. The number of sulfonamides is 1. The summed E-state index contributed by atoms with van der Waals surface area (Å²) >= 11 is 1.84. The van der Waals surface area contributed by atoms with Gasteiger partial charge in [0.1, 0.15) is 12.4 Å². The summed E-state index contributed by atoms with van der Waals surface area (Å²) in [6.45, 7) is 1.06. The molecule has 2 atom stereocenters. The molecule has 0 spiro atoms. The average Bonchev–Trinajstić information content (AvgIpc) is 3.57. The zero-order valence-corrected chi connectivity index (χ0v) is 23.3. The molecule has 37 heavy (non-hydrogen) atoms. The van der Waals surface area contributed by atoms with Gasteiger partial charge in [-0.1, -0.05) is 18.9 Å². The number of nitrogens with one attached hydrogen (secondary N) is 1. The van der Waals surface area contributed by atoms with Gasteiger partial charge in [0.15, 0.2) is 0 Å². The van der Waals surface area contributed by atoms with E-state index >= 15 is 0 Å². The fourth-order valence-corrected chi connectivity index (χ4v) is 8.13. The van der Waals surface area contributed by atoms with Crippen LogP contribution in [0.1, 0.15) is 49.4 Å². The number of benzene rings is 1. The van der Waals surface area contributed by atoms with Crippen LogP contribution in [0.25, 0.3) is 0 Å². The second kappa shape index (κ2) is 12.8. The van der Waals surface area contributed by atoms with Crippen molar-refractivity contribution in [3.05, 3.63) is 52.5 Å². The molecule has 1 saturated heterocycles. The van der Waals surface area contributed by atoms with Crippen LogP contribution in [0.15, 0.2) is 46.7 Å². The van der Waals surface area contributed by atoms with Crippen LogP contribution in [0.2, 0.25) is 0 Å². The van der Waals surface area contributed by atoms with Crippen LogP contribution >= 0.6 is 11.3 Å². The largest absolute Gasteiger partial charge is 0.367 e. The van der Waals surface area contributed by atoms with Gasteiger partial charge in [-0.3, -0.25) is 4.79 Å². The zero-order valence-electron chi connectivity index (χ0n) is 21.6. The van der Waals surface area contributed by atoms with Gasteiger partial charge in [-0.25, -0.2) is 12.8 Å². The highest BCUT2D eigenvalue weighted by Crippen LogP contribution is 2.41. The summed E-state index contributed by atoms with van der Waals surface area (Å²) < 4.78 is 45.6. The normalized spacial score (nSPS) is 23.8. The molecule has 2 fully saturated rings. The molecular formula is C27H38FN3O4S2. The van der Waals surface area contributed by atoms with Crippen molar-refractivity contribution in [1.82, 2.24) is 14.5 Å². The van der Waals surface area contributed by atoms with E-state index in [1.807, 2.05) is 11.3 Å². The van der Waals surface area contributed by atoms with Gasteiger partial charge >= 0.3 is 0 Å². The molecule has 2 aliphatic rings. The third-order valence-corrected chi connectivity index (χ3v) is 10.4. The van der Waals surface area contributed by atoms with Crippen molar-refractivity contribution in [2.24, 2.45) is 11.8 Å². The minimum absolute atomic E-state index is 0.0603. The Morgan fingerprint density at radius 2 is 1.89 bits per heavy atom. The predicted molar refractivity (Wildman–Crippen MR) is 143 cm³/mol. The van der Waals surface area contributed by atoms with Gasteiger partial charge in [0.2, 0.25) is 15.9 Å². The van der Waals surface area contributed by atoms with E-state index in [0.717, 1.165) is 18.6 Å². The maximum Gasteiger partial charge on any atom is 0.246 e. The van der Waals surface area contributed by atoms with Crippen molar-refractivity contribution in [1.29, 1.82) is 0 Å². The number of thiophene rings is 1. The quantitative estimate of drug-likeness (QED) is 0.451. The van der Waals surface area contributed by atoms with Gasteiger partial charge in [0, 0.05) is 30.6 Å². The van der Waals surface area contributed by atoms with E-state index in [2.05, 4.69) is 41.8 Å². The maximum atomic E-state index is 13.1. The first-order valence-corrected chi connectivity index (χ1v) is 15.4. The Balaban J connectivity index is 1.13. The van der Waals surface area contributed by atoms with Crippen LogP contribution in [0.5, 0.6) is 0 Å². The van der Waals surface area contributed by atoms with Crippen LogP contribution in [0, 0.1) is 17.7 Å². The van der Waals surface area contributed by atoms with E-state index in [9.17, 15) is 17.6 Å².